The van der Waals surface area contributed by atoms with Gasteiger partial charge in [0.15, 0.2) is 0 Å². The van der Waals surface area contributed by atoms with Crippen molar-refractivity contribution >= 4 is 0 Å². The van der Waals surface area contributed by atoms with Gasteiger partial charge >= 0.3 is 0 Å². The van der Waals surface area contributed by atoms with E-state index in [0.717, 1.165) is 0 Å². The molecule has 0 bridgehead atoms. The van der Waals surface area contributed by atoms with Gasteiger partial charge in [0.2, 0.25) is 0 Å². The maximum absolute atomic E-state index is 8.25. The van der Waals surface area contributed by atoms with Gasteiger partial charge in [-0.3, -0.25) is 0 Å². The molecule has 6 heteroatoms. The normalized spacial score (nSPS) is 3.71. The molecule has 0 saturated carbocycles. The third kappa shape index (κ3) is 197. The average molecular weight is 196 g/mol. The molecule has 0 fully saturated rings. The molecule has 0 rings (SSSR count). The second-order valence-corrected chi connectivity index (χ2v) is 0.224. The summed E-state index contributed by atoms with van der Waals surface area (Å²) in [4.78, 5) is 8.25. The van der Waals surface area contributed by atoms with Crippen LogP contribution in [0.1, 0.15) is 0 Å². The van der Waals surface area contributed by atoms with Crippen molar-refractivity contribution in [1.29, 1.82) is 5.26 Å². The van der Waals surface area contributed by atoms with Gasteiger partial charge in [0.05, 0.1) is 5.09 Å². The molecule has 7 heavy (non-hydrogen) atoms. The first-order chi connectivity index (χ1) is 2.73. The van der Waals surface area contributed by atoms with Crippen LogP contribution in [0.3, 0.4) is 0 Å². The zero-order chi connectivity index (χ0) is 5.58. The molecule has 0 amide bonds. The van der Waals surface area contributed by atoms with E-state index < -0.39 is 5.09 Å². The third-order valence-electron chi connectivity index (χ3n) is 0. The van der Waals surface area contributed by atoms with Crippen LogP contribution < -0.4 is 0 Å². The monoisotopic (exact) mass is 195 g/mol. The van der Waals surface area contributed by atoms with Crippen LogP contribution >= 0.6 is 0 Å². The Balaban J connectivity index is -0.0000000480. The predicted octanol–water partition coefficient (Wildman–Crippen LogP) is -0.145. The molecule has 0 atom stereocenters. The van der Waals surface area contributed by atoms with Gasteiger partial charge in [-0.1, -0.05) is 0 Å². The third-order valence-corrected chi connectivity index (χ3v) is 0. The minimum absolute atomic E-state index is 0. The molecule has 0 aromatic heterocycles. The summed E-state index contributed by atoms with van der Waals surface area (Å²) in [5.74, 6) is 0. The van der Waals surface area contributed by atoms with Gasteiger partial charge in [0.25, 0.3) is 0 Å². The predicted molar refractivity (Wildman–Crippen MR) is 15.3 cm³/mol. The minimum atomic E-state index is -1.75. The second-order valence-electron chi connectivity index (χ2n) is 0.224. The summed E-state index contributed by atoms with van der Waals surface area (Å²) in [5, 5.41) is 21.0. The van der Waals surface area contributed by atoms with Crippen molar-refractivity contribution in [1.82, 2.24) is 0 Å². The largest absolute Gasteiger partial charge is 0.512 e. The Kier molecular flexibility index (Phi) is 41.5. The van der Waals surface area contributed by atoms with Crippen LogP contribution in [0.4, 0.5) is 0 Å². The van der Waals surface area contributed by atoms with Crippen LogP contribution in [0.5, 0.6) is 0 Å². The van der Waals surface area contributed by atoms with Crippen molar-refractivity contribution in [3.63, 3.8) is 0 Å². The molecule has 0 aliphatic carbocycles. The summed E-state index contributed by atoms with van der Waals surface area (Å²) in [6.45, 7) is 4.75. The summed E-state index contributed by atoms with van der Waals surface area (Å²) in [5.41, 5.74) is 0. The van der Waals surface area contributed by atoms with Crippen molar-refractivity contribution in [2.75, 3.05) is 0 Å². The van der Waals surface area contributed by atoms with E-state index in [1.54, 1.807) is 0 Å². The van der Waals surface area contributed by atoms with Gasteiger partial charge in [-0.15, -0.1) is 0 Å². The fourth-order valence-electron chi connectivity index (χ4n) is 0. The number of nitrogens with zero attached hydrogens (tertiary/aromatic N) is 2. The molecule has 0 unspecified atom stereocenters. The Bertz CT molecular complexity index is 57.2. The van der Waals surface area contributed by atoms with E-state index in [1.807, 2.05) is 0 Å². The van der Waals surface area contributed by atoms with Crippen molar-refractivity contribution in [2.24, 2.45) is 0 Å². The molecular weight excluding hydrogens is 196 g/mol. The van der Waals surface area contributed by atoms with E-state index in [0.29, 0.717) is 0 Å². The minimum Gasteiger partial charge on any atom is -0.512 e. The first kappa shape index (κ1) is 16.1. The molecule has 0 aliphatic heterocycles. The Labute approximate surface area is 55.2 Å². The van der Waals surface area contributed by atoms with E-state index >= 15 is 0 Å². The van der Waals surface area contributed by atoms with Crippen molar-refractivity contribution in [2.45, 2.75) is 0 Å². The summed E-state index contributed by atoms with van der Waals surface area (Å²) in [6.07, 6.45) is 0. The van der Waals surface area contributed by atoms with Crippen LogP contribution in [-0.2, 0) is 22.4 Å². The van der Waals surface area contributed by atoms with Crippen LogP contribution in [-0.4, -0.2) is 5.09 Å². The molecule has 5 nitrogen and oxygen atoms in total. The SMILES string of the molecule is O=[N+]([O-])[O-].[Ag].[C-]#N. The van der Waals surface area contributed by atoms with Crippen LogP contribution in [0.2, 0.25) is 0 Å². The van der Waals surface area contributed by atoms with Crippen LogP contribution in [0, 0.1) is 27.2 Å². The van der Waals surface area contributed by atoms with E-state index in [-0.39, 0.29) is 22.4 Å². The summed E-state index contributed by atoms with van der Waals surface area (Å²) in [7, 11) is 0. The van der Waals surface area contributed by atoms with E-state index in [9.17, 15) is 0 Å². The van der Waals surface area contributed by atoms with Gasteiger partial charge < -0.3 is 27.2 Å². The van der Waals surface area contributed by atoms with Crippen LogP contribution in [0.15, 0.2) is 0 Å². The van der Waals surface area contributed by atoms with E-state index in [4.69, 9.17) is 27.2 Å². The van der Waals surface area contributed by atoms with Crippen molar-refractivity contribution < 1.29 is 27.5 Å². The second kappa shape index (κ2) is 18.0. The zero-order valence-electron chi connectivity index (χ0n) is 2.92. The molecule has 0 N–H and O–H groups in total. The Hall–Kier alpha value is -0.570. The van der Waals surface area contributed by atoms with Crippen LogP contribution in [0.25, 0.3) is 0 Å². The standard InChI is InChI=1S/CN.Ag.NO3/c1-2;;2-1(3)4/q-1;;-1. The fraction of sp³-hybridized carbons (Fsp3) is 0. The molecular formula is CAgN2O3-2. The molecule has 45 valence electrons. The molecule has 0 saturated heterocycles. The van der Waals surface area contributed by atoms with Crippen molar-refractivity contribution in [3.8, 4) is 0 Å². The zero-order valence-corrected chi connectivity index (χ0v) is 4.40. The maximum atomic E-state index is 8.25. The molecule has 0 spiro atoms. The van der Waals surface area contributed by atoms with E-state index in [2.05, 4.69) is 0 Å². The molecule has 0 aliphatic rings. The summed E-state index contributed by atoms with van der Waals surface area (Å²) < 4.78 is 0. The molecule has 0 heterocycles. The average Bonchev–Trinajstić information content (AvgIpc) is 1.41. The molecule has 0 aromatic carbocycles. The first-order valence-electron chi connectivity index (χ1n) is 0.771. The fourth-order valence-corrected chi connectivity index (χ4v) is 0. The topological polar surface area (TPSA) is 90.0 Å². The quantitative estimate of drug-likeness (QED) is 0.233. The molecule has 0 aromatic rings. The smallest absolute Gasteiger partial charge is 0.0689 e. The first-order valence-corrected chi connectivity index (χ1v) is 0.771. The van der Waals surface area contributed by atoms with Gasteiger partial charge in [0, 0.05) is 22.4 Å². The number of hydrogen-bond acceptors (Lipinski definition) is 4. The van der Waals surface area contributed by atoms with Gasteiger partial charge in [-0.2, -0.15) is 0 Å². The Morgan fingerprint density at radius 2 is 1.43 bits per heavy atom. The Morgan fingerprint density at radius 1 is 1.43 bits per heavy atom. The maximum Gasteiger partial charge on any atom is 0.0689 e. The Morgan fingerprint density at radius 3 is 1.43 bits per heavy atom. The van der Waals surface area contributed by atoms with Gasteiger partial charge in [0.1, 0.15) is 0 Å². The number of rotatable bonds is 0. The van der Waals surface area contributed by atoms with E-state index in [1.165, 1.54) is 0 Å². The molecule has 1 radical (unpaired) electrons. The van der Waals surface area contributed by atoms with Crippen molar-refractivity contribution in [3.05, 3.63) is 21.9 Å². The number of hydrogen-bond donors (Lipinski definition) is 0. The van der Waals surface area contributed by atoms with Gasteiger partial charge in [-0.05, 0) is 0 Å². The summed E-state index contributed by atoms with van der Waals surface area (Å²) >= 11 is 0. The summed E-state index contributed by atoms with van der Waals surface area (Å²) in [6, 6.07) is 0. The van der Waals surface area contributed by atoms with Gasteiger partial charge in [-0.25, -0.2) is 0 Å².